The quantitative estimate of drug-likeness (QED) is 0.117. The van der Waals surface area contributed by atoms with E-state index in [0.29, 0.717) is 12.2 Å². The molecule has 0 radical (unpaired) electrons. The second-order valence-electron chi connectivity index (χ2n) is 13.5. The number of carbonyl (C=O) groups excluding carboxylic acids is 2. The fourth-order valence-corrected chi connectivity index (χ4v) is 8.28. The molecule has 0 spiro atoms. The number of hydrogen-bond donors (Lipinski definition) is 0. The first kappa shape index (κ1) is 33.4. The second-order valence-corrected chi connectivity index (χ2v) is 18.2. The van der Waals surface area contributed by atoms with Gasteiger partial charge in [-0.1, -0.05) is 85.0 Å². The van der Waals surface area contributed by atoms with Crippen LogP contribution in [0.1, 0.15) is 50.3 Å². The van der Waals surface area contributed by atoms with Gasteiger partial charge in [0.25, 0.3) is 0 Å². The molecule has 3 aromatic rings. The Balaban J connectivity index is 1.75. The van der Waals surface area contributed by atoms with Crippen LogP contribution in [0.4, 0.5) is 0 Å². The summed E-state index contributed by atoms with van der Waals surface area (Å²) in [6.45, 7) is 14.9. The summed E-state index contributed by atoms with van der Waals surface area (Å²) in [7, 11) is 1.92. The van der Waals surface area contributed by atoms with Gasteiger partial charge in [0.2, 0.25) is 0 Å². The zero-order valence-electron chi connectivity index (χ0n) is 27.5. The van der Waals surface area contributed by atoms with Crippen LogP contribution in [-0.2, 0) is 14.3 Å². The number of nitrogens with zero attached hydrogens (tertiary/aromatic N) is 2. The molecule has 44 heavy (non-hydrogen) atoms. The average molecular weight is 613 g/mol. The topological polar surface area (TPSA) is 59.1 Å². The SMILES string of the molecule is COC(=O)CC/C(=C(\c1ccc(OC(=O)C(C)(C)C)cc1)c1ccc([Si](C)(C)CN2CCN(C)CC2)cc1)c1ccccc1. The number of methoxy groups -OCH3 is 1. The van der Waals surface area contributed by atoms with Crippen LogP contribution in [0.2, 0.25) is 13.1 Å². The van der Waals surface area contributed by atoms with Crippen molar-refractivity contribution in [3.63, 3.8) is 0 Å². The van der Waals surface area contributed by atoms with E-state index in [2.05, 4.69) is 66.3 Å². The van der Waals surface area contributed by atoms with E-state index < -0.39 is 13.5 Å². The maximum Gasteiger partial charge on any atom is 0.316 e. The molecule has 1 heterocycles. The zero-order valence-corrected chi connectivity index (χ0v) is 28.5. The summed E-state index contributed by atoms with van der Waals surface area (Å²) in [5, 5.41) is 1.43. The molecule has 1 saturated heterocycles. The fourth-order valence-electron chi connectivity index (χ4n) is 5.59. The molecule has 0 N–H and O–H groups in total. The van der Waals surface area contributed by atoms with Crippen LogP contribution in [0.3, 0.4) is 0 Å². The van der Waals surface area contributed by atoms with Gasteiger partial charge in [0, 0.05) is 32.6 Å². The number of hydrogen-bond acceptors (Lipinski definition) is 6. The van der Waals surface area contributed by atoms with Gasteiger partial charge in [0.1, 0.15) is 5.75 Å². The van der Waals surface area contributed by atoms with Crippen molar-refractivity contribution in [3.05, 3.63) is 95.6 Å². The van der Waals surface area contributed by atoms with Gasteiger partial charge in [-0.25, -0.2) is 0 Å². The molecule has 0 bridgehead atoms. The minimum absolute atomic E-state index is 0.241. The molecule has 4 rings (SSSR count). The molecule has 1 fully saturated rings. The van der Waals surface area contributed by atoms with Crippen molar-refractivity contribution in [2.75, 3.05) is 46.5 Å². The first-order chi connectivity index (χ1) is 20.9. The van der Waals surface area contributed by atoms with Crippen molar-refractivity contribution >= 4 is 36.3 Å². The lowest BCUT2D eigenvalue weighted by atomic mass is 9.87. The van der Waals surface area contributed by atoms with Crippen molar-refractivity contribution in [2.45, 2.75) is 46.7 Å². The number of ether oxygens (including phenoxy) is 2. The summed E-state index contributed by atoms with van der Waals surface area (Å²) in [5.41, 5.74) is 4.66. The van der Waals surface area contributed by atoms with Gasteiger partial charge in [-0.3, -0.25) is 9.59 Å². The second kappa shape index (κ2) is 14.5. The van der Waals surface area contributed by atoms with Gasteiger partial charge >= 0.3 is 11.9 Å². The Morgan fingerprint density at radius 3 is 1.89 bits per heavy atom. The first-order valence-corrected chi connectivity index (χ1v) is 18.8. The molecular weight excluding hydrogens is 565 g/mol. The molecule has 0 aromatic heterocycles. The molecule has 0 saturated carbocycles. The first-order valence-electron chi connectivity index (χ1n) is 15.6. The number of rotatable bonds is 10. The lowest BCUT2D eigenvalue weighted by Crippen LogP contribution is -2.56. The molecule has 0 atom stereocenters. The van der Waals surface area contributed by atoms with Crippen LogP contribution in [0.25, 0.3) is 11.1 Å². The highest BCUT2D eigenvalue weighted by Crippen LogP contribution is 2.36. The van der Waals surface area contributed by atoms with Crippen molar-refractivity contribution in [3.8, 4) is 5.75 Å². The molecule has 0 aliphatic carbocycles. The third kappa shape index (κ3) is 8.77. The molecule has 6 nitrogen and oxygen atoms in total. The van der Waals surface area contributed by atoms with Gasteiger partial charge < -0.3 is 19.3 Å². The Labute approximate surface area is 264 Å². The van der Waals surface area contributed by atoms with Crippen LogP contribution in [0.15, 0.2) is 78.9 Å². The molecule has 234 valence electrons. The summed E-state index contributed by atoms with van der Waals surface area (Å²) < 4.78 is 10.7. The van der Waals surface area contributed by atoms with Crippen LogP contribution in [-0.4, -0.2) is 76.3 Å². The number of benzene rings is 3. The minimum atomic E-state index is -1.71. The predicted octanol–water partition coefficient (Wildman–Crippen LogP) is 6.25. The maximum atomic E-state index is 12.5. The summed E-state index contributed by atoms with van der Waals surface area (Å²) in [5.74, 6) is -0.00640. The summed E-state index contributed by atoms with van der Waals surface area (Å²) in [4.78, 5) is 29.9. The molecule has 1 aliphatic heterocycles. The van der Waals surface area contributed by atoms with E-state index in [1.165, 1.54) is 12.3 Å². The predicted molar refractivity (Wildman–Crippen MR) is 183 cm³/mol. The molecule has 3 aromatic carbocycles. The van der Waals surface area contributed by atoms with Crippen LogP contribution >= 0.6 is 0 Å². The molecule has 7 heteroatoms. The molecule has 1 aliphatic rings. The van der Waals surface area contributed by atoms with E-state index in [1.807, 2.05) is 63.2 Å². The van der Waals surface area contributed by atoms with E-state index in [0.717, 1.165) is 60.2 Å². The highest BCUT2D eigenvalue weighted by molar-refractivity contribution is 6.90. The Morgan fingerprint density at radius 2 is 1.34 bits per heavy atom. The fraction of sp³-hybridized carbons (Fsp3) is 0.405. The summed E-state index contributed by atoms with van der Waals surface area (Å²) in [6.07, 6.45) is 1.94. The van der Waals surface area contributed by atoms with E-state index in [9.17, 15) is 9.59 Å². The molecule has 0 unspecified atom stereocenters. The third-order valence-electron chi connectivity index (χ3n) is 8.37. The van der Waals surface area contributed by atoms with Gasteiger partial charge in [-0.2, -0.15) is 0 Å². The van der Waals surface area contributed by atoms with E-state index in [4.69, 9.17) is 9.47 Å². The third-order valence-corrected chi connectivity index (χ3v) is 11.5. The van der Waals surface area contributed by atoms with Crippen molar-refractivity contribution in [1.29, 1.82) is 0 Å². The van der Waals surface area contributed by atoms with E-state index in [1.54, 1.807) is 0 Å². The van der Waals surface area contributed by atoms with Gasteiger partial charge in [0.05, 0.1) is 20.6 Å². The van der Waals surface area contributed by atoms with Gasteiger partial charge in [0.15, 0.2) is 0 Å². The summed E-state index contributed by atoms with van der Waals surface area (Å²) >= 11 is 0. The lowest BCUT2D eigenvalue weighted by Gasteiger charge is -2.37. The lowest BCUT2D eigenvalue weighted by molar-refractivity contribution is -0.143. The largest absolute Gasteiger partial charge is 0.469 e. The van der Waals surface area contributed by atoms with Crippen molar-refractivity contribution < 1.29 is 19.1 Å². The Morgan fingerprint density at radius 1 is 0.773 bits per heavy atom. The number of carbonyl (C=O) groups is 2. The standard InChI is InChI=1S/C37H48N2O4Si/c1-37(2,3)36(41)43-31-17-13-29(14-18-31)35(33(21-22-34(40)42-5)28-11-9-8-10-12-28)30-15-19-32(20-16-30)44(6,7)27-39-25-23-38(4)24-26-39/h8-20H,21-27H2,1-7H3/b35-33-. The van der Waals surface area contributed by atoms with Crippen LogP contribution < -0.4 is 9.92 Å². The highest BCUT2D eigenvalue weighted by atomic mass is 28.3. The Kier molecular flexibility index (Phi) is 11.0. The van der Waals surface area contributed by atoms with Crippen LogP contribution in [0.5, 0.6) is 5.75 Å². The molecule has 0 amide bonds. The maximum absolute atomic E-state index is 12.5. The highest BCUT2D eigenvalue weighted by Gasteiger charge is 2.28. The smallest absolute Gasteiger partial charge is 0.316 e. The monoisotopic (exact) mass is 612 g/mol. The van der Waals surface area contributed by atoms with Gasteiger partial charge in [-0.05, 0) is 80.4 Å². The number of piperazine rings is 1. The average Bonchev–Trinajstić information content (AvgIpc) is 3.00. The van der Waals surface area contributed by atoms with Crippen molar-refractivity contribution in [2.24, 2.45) is 5.41 Å². The number of esters is 2. The van der Waals surface area contributed by atoms with Crippen LogP contribution in [0, 0.1) is 5.41 Å². The molecular formula is C37H48N2O4Si. The van der Waals surface area contributed by atoms with Crippen molar-refractivity contribution in [1.82, 2.24) is 9.80 Å². The minimum Gasteiger partial charge on any atom is -0.469 e. The number of likely N-dealkylation sites (N-methyl/N-ethyl adjacent to an activating group) is 1. The normalized spacial score (nSPS) is 15.4. The number of allylic oxidation sites excluding steroid dienone is 1. The Hall–Kier alpha value is -3.52. The zero-order chi connectivity index (χ0) is 31.9. The van der Waals surface area contributed by atoms with E-state index >= 15 is 0 Å². The van der Waals surface area contributed by atoms with Gasteiger partial charge in [-0.15, -0.1) is 0 Å². The summed E-state index contributed by atoms with van der Waals surface area (Å²) in [6, 6.07) is 27.0. The van der Waals surface area contributed by atoms with E-state index in [-0.39, 0.29) is 18.4 Å². The Bertz CT molecular complexity index is 1430.